The Hall–Kier alpha value is 0.180. The van der Waals surface area contributed by atoms with E-state index in [9.17, 15) is 0 Å². The van der Waals surface area contributed by atoms with Crippen LogP contribution in [0.2, 0.25) is 0 Å². The summed E-state index contributed by atoms with van der Waals surface area (Å²) in [6.07, 6.45) is 6.02. The van der Waals surface area contributed by atoms with Crippen molar-refractivity contribution in [2.24, 2.45) is 0 Å². The first-order valence-corrected chi connectivity index (χ1v) is 12.3. The van der Waals surface area contributed by atoms with Gasteiger partial charge in [-0.3, -0.25) is 0 Å². The molecule has 0 spiro atoms. The van der Waals surface area contributed by atoms with Crippen molar-refractivity contribution >= 4 is 63.7 Å². The Morgan fingerprint density at radius 2 is 1.52 bits per heavy atom. The summed E-state index contributed by atoms with van der Waals surface area (Å²) in [5.74, 6) is 1.91. The highest BCUT2D eigenvalue weighted by Crippen LogP contribution is 2.36. The molecule has 0 atom stereocenters. The van der Waals surface area contributed by atoms with Crippen molar-refractivity contribution in [3.05, 3.63) is 48.1 Å². The van der Waals surface area contributed by atoms with E-state index in [1.807, 2.05) is 24.3 Å². The molecule has 1 aromatic carbocycles. The highest BCUT2D eigenvalue weighted by atomic mass is 79.9. The molecule has 2 aromatic rings. The number of ether oxygens (including phenoxy) is 1. The van der Waals surface area contributed by atoms with Crippen LogP contribution >= 0.6 is 63.7 Å². The van der Waals surface area contributed by atoms with Crippen LogP contribution in [0.1, 0.15) is 37.9 Å². The quantitative estimate of drug-likeness (QED) is 0.186. The van der Waals surface area contributed by atoms with Crippen molar-refractivity contribution in [2.75, 3.05) is 27.2 Å². The van der Waals surface area contributed by atoms with Gasteiger partial charge in [0.25, 0.3) is 0 Å². The van der Waals surface area contributed by atoms with Gasteiger partial charge in [0.1, 0.15) is 12.3 Å². The molecule has 0 bridgehead atoms. The molecule has 1 heterocycles. The van der Waals surface area contributed by atoms with E-state index in [-0.39, 0.29) is 0 Å². The van der Waals surface area contributed by atoms with Crippen molar-refractivity contribution in [1.29, 1.82) is 0 Å². The summed E-state index contributed by atoms with van der Waals surface area (Å²) < 4.78 is 16.3. The van der Waals surface area contributed by atoms with Gasteiger partial charge in [0.15, 0.2) is 10.4 Å². The molecule has 0 unspecified atom stereocenters. The summed E-state index contributed by atoms with van der Waals surface area (Å²) in [5, 5.41) is 0. The number of benzene rings is 1. The zero-order chi connectivity index (χ0) is 19.9. The lowest BCUT2D eigenvalue weighted by Gasteiger charge is -2.28. The van der Waals surface area contributed by atoms with Gasteiger partial charge in [-0.1, -0.05) is 28.8 Å². The maximum Gasteiger partial charge on any atom is 0.169 e. The zero-order valence-electron chi connectivity index (χ0n) is 15.7. The molecule has 0 aliphatic rings. The molecular weight excluding hydrogens is 606 g/mol. The number of hydrogen-bond acceptors (Lipinski definition) is 2. The average molecular weight is 632 g/mol. The second-order valence-electron chi connectivity index (χ2n) is 7.34. The maximum absolute atomic E-state index is 5.92. The number of nitrogens with zero attached hydrogens (tertiary/aromatic N) is 1. The van der Waals surface area contributed by atoms with E-state index in [4.69, 9.17) is 9.15 Å². The SMILES string of the molecule is C[N+](C)(CCCCCCCOc1c(Br)cc(Br)cc1Br)Cc1ccc(Br)o1. The van der Waals surface area contributed by atoms with Crippen LogP contribution in [0.4, 0.5) is 0 Å². The van der Waals surface area contributed by atoms with Gasteiger partial charge in [-0.15, -0.1) is 0 Å². The molecule has 27 heavy (non-hydrogen) atoms. The Morgan fingerprint density at radius 3 is 2.15 bits per heavy atom. The van der Waals surface area contributed by atoms with Crippen LogP contribution in [0.15, 0.2) is 46.8 Å². The molecule has 0 aliphatic heterocycles. The molecule has 150 valence electrons. The van der Waals surface area contributed by atoms with Crippen LogP contribution in [0.3, 0.4) is 0 Å². The summed E-state index contributed by atoms with van der Waals surface area (Å²) in [5.41, 5.74) is 0. The fourth-order valence-corrected chi connectivity index (χ4v) is 5.78. The molecule has 1 aromatic heterocycles. The molecule has 0 amide bonds. The first-order valence-electron chi connectivity index (χ1n) is 9.10. The Balaban J connectivity index is 1.57. The Morgan fingerprint density at radius 1 is 0.889 bits per heavy atom. The van der Waals surface area contributed by atoms with Crippen LogP contribution in [-0.4, -0.2) is 31.7 Å². The molecular formula is C20H26Br4NO2+. The third-order valence-electron chi connectivity index (χ3n) is 4.33. The minimum Gasteiger partial charge on any atom is -0.491 e. The molecule has 0 radical (unpaired) electrons. The lowest BCUT2D eigenvalue weighted by molar-refractivity contribution is -0.904. The summed E-state index contributed by atoms with van der Waals surface area (Å²) in [6, 6.07) is 8.01. The Labute approximate surface area is 195 Å². The molecule has 0 fully saturated rings. The first kappa shape index (κ1) is 23.5. The Kier molecular flexibility index (Phi) is 9.89. The van der Waals surface area contributed by atoms with Crippen LogP contribution < -0.4 is 4.74 Å². The van der Waals surface area contributed by atoms with Gasteiger partial charge in [-0.05, 0) is 91.3 Å². The predicted molar refractivity (Wildman–Crippen MR) is 125 cm³/mol. The monoisotopic (exact) mass is 628 g/mol. The fourth-order valence-electron chi connectivity index (χ4n) is 2.95. The minimum absolute atomic E-state index is 0.744. The van der Waals surface area contributed by atoms with E-state index in [0.717, 1.165) is 60.2 Å². The van der Waals surface area contributed by atoms with E-state index in [1.54, 1.807) is 0 Å². The molecule has 7 heteroatoms. The fraction of sp³-hybridized carbons (Fsp3) is 0.500. The van der Waals surface area contributed by atoms with Gasteiger partial charge in [-0.2, -0.15) is 0 Å². The molecule has 0 aliphatic carbocycles. The van der Waals surface area contributed by atoms with Gasteiger partial charge >= 0.3 is 0 Å². The van der Waals surface area contributed by atoms with Gasteiger partial charge in [0, 0.05) is 4.47 Å². The van der Waals surface area contributed by atoms with Crippen molar-refractivity contribution in [3.8, 4) is 5.75 Å². The third kappa shape index (κ3) is 8.60. The topological polar surface area (TPSA) is 22.4 Å². The zero-order valence-corrected chi connectivity index (χ0v) is 22.1. The molecule has 0 N–H and O–H groups in total. The number of furan rings is 1. The van der Waals surface area contributed by atoms with Crippen molar-refractivity contribution < 1.29 is 13.6 Å². The molecule has 0 saturated heterocycles. The number of unbranched alkanes of at least 4 members (excludes halogenated alkanes) is 4. The van der Waals surface area contributed by atoms with Gasteiger partial charge in [0.05, 0.1) is 36.2 Å². The number of rotatable bonds is 11. The van der Waals surface area contributed by atoms with E-state index in [1.165, 1.54) is 25.7 Å². The van der Waals surface area contributed by atoms with Crippen LogP contribution in [-0.2, 0) is 6.54 Å². The summed E-state index contributed by atoms with van der Waals surface area (Å²) >= 11 is 13.9. The van der Waals surface area contributed by atoms with E-state index < -0.39 is 0 Å². The Bertz CT molecular complexity index is 708. The van der Waals surface area contributed by atoms with E-state index in [2.05, 4.69) is 77.8 Å². The third-order valence-corrected chi connectivity index (χ3v) is 6.39. The smallest absolute Gasteiger partial charge is 0.169 e. The number of halogens is 4. The average Bonchev–Trinajstić information content (AvgIpc) is 2.95. The second-order valence-corrected chi connectivity index (χ2v) is 10.7. The van der Waals surface area contributed by atoms with Crippen LogP contribution in [0.5, 0.6) is 5.75 Å². The lowest BCUT2D eigenvalue weighted by Crippen LogP contribution is -2.39. The standard InChI is InChI=1S/C20H26Br4NO2/c1-25(2,14-16-8-9-19(24)27-16)10-6-4-3-5-7-11-26-20-17(22)12-15(21)13-18(20)23/h8-9,12-13H,3-7,10-11,14H2,1-2H3/q+1. The largest absolute Gasteiger partial charge is 0.491 e. The highest BCUT2D eigenvalue weighted by molar-refractivity contribution is 9.11. The second kappa shape index (κ2) is 11.4. The first-order chi connectivity index (χ1) is 12.8. The van der Waals surface area contributed by atoms with Crippen molar-refractivity contribution in [3.63, 3.8) is 0 Å². The van der Waals surface area contributed by atoms with Crippen LogP contribution in [0.25, 0.3) is 0 Å². The molecule has 3 nitrogen and oxygen atoms in total. The maximum atomic E-state index is 5.92. The number of quaternary nitrogens is 1. The summed E-state index contributed by atoms with van der Waals surface area (Å²) in [6.45, 7) is 2.83. The highest BCUT2D eigenvalue weighted by Gasteiger charge is 2.17. The number of hydrogen-bond donors (Lipinski definition) is 0. The summed E-state index contributed by atoms with van der Waals surface area (Å²) in [4.78, 5) is 0. The lowest BCUT2D eigenvalue weighted by atomic mass is 10.1. The molecule has 0 saturated carbocycles. The van der Waals surface area contributed by atoms with Crippen molar-refractivity contribution in [2.45, 2.75) is 38.6 Å². The predicted octanol–water partition coefficient (Wildman–Crippen LogP) is 7.94. The minimum atomic E-state index is 0.744. The van der Waals surface area contributed by atoms with Gasteiger partial charge in [-0.25, -0.2) is 0 Å². The normalized spacial score (nSPS) is 11.8. The van der Waals surface area contributed by atoms with Crippen molar-refractivity contribution in [1.82, 2.24) is 0 Å². The molecule has 2 rings (SSSR count). The van der Waals surface area contributed by atoms with Gasteiger partial charge < -0.3 is 13.6 Å². The van der Waals surface area contributed by atoms with Crippen LogP contribution in [0, 0.1) is 0 Å². The summed E-state index contributed by atoms with van der Waals surface area (Å²) in [7, 11) is 4.52. The van der Waals surface area contributed by atoms with E-state index >= 15 is 0 Å². The van der Waals surface area contributed by atoms with E-state index in [0.29, 0.717) is 0 Å². The van der Waals surface area contributed by atoms with Gasteiger partial charge in [0.2, 0.25) is 0 Å².